The molecular weight excluding hydrogens is 755 g/mol. The molecule has 0 aromatic heterocycles. The number of nitrogens with one attached hydrogen (secondary N) is 1. The van der Waals surface area contributed by atoms with E-state index in [4.69, 9.17) is 4.74 Å². The molecule has 6 aromatic carbocycles. The molecule has 6 aromatic rings. The quantitative estimate of drug-likeness (QED) is 0.0933. The monoisotopic (exact) mass is 804 g/mol. The Kier molecular flexibility index (Phi) is 12.2. The first-order chi connectivity index (χ1) is 29.4. The minimum Gasteiger partial charge on any atom is -0.380 e. The van der Waals surface area contributed by atoms with E-state index in [1.807, 2.05) is 91.0 Å². The maximum atomic E-state index is 15.1. The van der Waals surface area contributed by atoms with Crippen LogP contribution in [0.5, 0.6) is 0 Å². The lowest BCUT2D eigenvalue weighted by atomic mass is 9.66. The molecule has 0 unspecified atom stereocenters. The second kappa shape index (κ2) is 18.0. The lowest BCUT2D eigenvalue weighted by molar-refractivity contribution is 0.160. The Morgan fingerprint density at radius 1 is 0.733 bits per heavy atom. The van der Waals surface area contributed by atoms with E-state index in [9.17, 15) is 13.6 Å². The second-order valence-corrected chi connectivity index (χ2v) is 15.7. The van der Waals surface area contributed by atoms with Crippen LogP contribution < -0.4 is 5.32 Å². The number of likely N-dealkylation sites (tertiary alicyclic amines) is 1. The number of carbonyl (C=O) groups is 2. The van der Waals surface area contributed by atoms with Crippen molar-refractivity contribution in [2.45, 2.75) is 42.9 Å². The van der Waals surface area contributed by atoms with E-state index in [-0.39, 0.29) is 12.0 Å². The van der Waals surface area contributed by atoms with E-state index >= 15 is 4.79 Å². The molecule has 2 heterocycles. The fourth-order valence-corrected chi connectivity index (χ4v) is 9.57. The van der Waals surface area contributed by atoms with E-state index in [0.29, 0.717) is 25.1 Å². The highest BCUT2D eigenvalue weighted by atomic mass is 19.2. The van der Waals surface area contributed by atoms with Crippen LogP contribution in [-0.2, 0) is 22.3 Å². The summed E-state index contributed by atoms with van der Waals surface area (Å²) in [5.41, 5.74) is 5.28. The molecule has 0 radical (unpaired) electrons. The van der Waals surface area contributed by atoms with Crippen LogP contribution in [0.1, 0.15) is 64.2 Å². The van der Waals surface area contributed by atoms with Crippen molar-refractivity contribution in [3.63, 3.8) is 0 Å². The predicted molar refractivity (Wildman–Crippen MR) is 230 cm³/mol. The van der Waals surface area contributed by atoms with Gasteiger partial charge in [-0.3, -0.25) is 0 Å². The van der Waals surface area contributed by atoms with Crippen molar-refractivity contribution in [2.75, 3.05) is 39.8 Å². The molecule has 60 heavy (non-hydrogen) atoms. The largest absolute Gasteiger partial charge is 0.380 e. The number of amides is 4. The molecule has 1 N–H and O–H groups in total. The minimum atomic E-state index is -1.17. The molecular formula is C51H50F2N4O3. The Labute approximate surface area is 351 Å². The molecule has 7 nitrogen and oxygen atoms in total. The van der Waals surface area contributed by atoms with Crippen LogP contribution in [0.15, 0.2) is 164 Å². The van der Waals surface area contributed by atoms with Crippen LogP contribution in [0.2, 0.25) is 0 Å². The topological polar surface area (TPSA) is 65.1 Å². The third-order valence-corrected chi connectivity index (χ3v) is 12.4. The van der Waals surface area contributed by atoms with Crippen molar-refractivity contribution in [3.05, 3.63) is 214 Å². The van der Waals surface area contributed by atoms with Crippen molar-refractivity contribution < 1.29 is 23.1 Å². The molecule has 0 saturated carbocycles. The van der Waals surface area contributed by atoms with E-state index in [0.717, 1.165) is 61.3 Å². The van der Waals surface area contributed by atoms with E-state index < -0.39 is 35.3 Å². The second-order valence-electron chi connectivity index (χ2n) is 15.7. The first-order valence-corrected chi connectivity index (χ1v) is 20.7. The molecule has 2 aliphatic rings. The molecule has 9 heteroatoms. The van der Waals surface area contributed by atoms with Gasteiger partial charge in [0.05, 0.1) is 12.6 Å². The standard InChI is InChI=1S/C51H50F2N4O3/c1-60-37-39-17-14-15-26-44(39)50(40-18-6-2-7-19-40)29-33-55(34-30-50)32-16-31-54-48(58)57-47(38-27-28-45(52)46(53)35-38)36-56(49(57)59)51(41-20-8-3-9-21-41,42-22-10-4-11-23-42)43-24-12-5-13-25-43/h2-15,17-28,35,47H,16,29-34,36-37H2,1H3,(H,54,58)/t47-/m1/s1. The number of methoxy groups -OCH3 is 1. The number of hydrogen-bond donors (Lipinski definition) is 1. The van der Waals surface area contributed by atoms with Gasteiger partial charge in [-0.2, -0.15) is 0 Å². The fraction of sp³-hybridized carbons (Fsp3) is 0.255. The van der Waals surface area contributed by atoms with Crippen LogP contribution in [-0.4, -0.2) is 66.6 Å². The summed E-state index contributed by atoms with van der Waals surface area (Å²) in [7, 11) is 1.74. The van der Waals surface area contributed by atoms with Gasteiger partial charge in [0.25, 0.3) is 0 Å². The molecule has 0 bridgehead atoms. The molecule has 1 atom stereocenters. The van der Waals surface area contributed by atoms with Gasteiger partial charge < -0.3 is 19.9 Å². The van der Waals surface area contributed by atoms with Crippen molar-refractivity contribution in [1.29, 1.82) is 0 Å². The lowest BCUT2D eigenvalue weighted by Gasteiger charge is -2.44. The number of piperidine rings is 1. The summed E-state index contributed by atoms with van der Waals surface area (Å²) >= 11 is 0. The van der Waals surface area contributed by atoms with Crippen molar-refractivity contribution in [2.24, 2.45) is 0 Å². The third kappa shape index (κ3) is 7.71. The highest BCUT2D eigenvalue weighted by Gasteiger charge is 2.53. The number of hydrogen-bond acceptors (Lipinski definition) is 4. The summed E-state index contributed by atoms with van der Waals surface area (Å²) in [6, 6.07) is 50.1. The number of imide groups is 1. The molecule has 0 spiro atoms. The van der Waals surface area contributed by atoms with Crippen molar-refractivity contribution in [1.82, 2.24) is 20.0 Å². The van der Waals surface area contributed by atoms with Crippen LogP contribution >= 0.6 is 0 Å². The van der Waals surface area contributed by atoms with Crippen LogP contribution in [0, 0.1) is 11.6 Å². The zero-order valence-corrected chi connectivity index (χ0v) is 33.9. The third-order valence-electron chi connectivity index (χ3n) is 12.4. The summed E-state index contributed by atoms with van der Waals surface area (Å²) in [5.74, 6) is -2.04. The van der Waals surface area contributed by atoms with Gasteiger partial charge >= 0.3 is 12.1 Å². The molecule has 2 saturated heterocycles. The Balaban J connectivity index is 1.03. The number of benzene rings is 6. The Morgan fingerprint density at radius 2 is 1.28 bits per heavy atom. The zero-order valence-electron chi connectivity index (χ0n) is 33.9. The summed E-state index contributed by atoms with van der Waals surface area (Å²) in [5, 5.41) is 3.03. The van der Waals surface area contributed by atoms with Gasteiger partial charge in [-0.05, 0) is 90.0 Å². The number of halogens is 2. The zero-order chi connectivity index (χ0) is 41.5. The average Bonchev–Trinajstić information content (AvgIpc) is 3.65. The van der Waals surface area contributed by atoms with Gasteiger partial charge in [0.15, 0.2) is 11.6 Å². The van der Waals surface area contributed by atoms with Gasteiger partial charge in [0.2, 0.25) is 0 Å². The van der Waals surface area contributed by atoms with E-state index in [1.54, 1.807) is 12.0 Å². The van der Waals surface area contributed by atoms with Gasteiger partial charge in [0.1, 0.15) is 5.54 Å². The molecule has 8 rings (SSSR count). The summed E-state index contributed by atoms with van der Waals surface area (Å²) < 4.78 is 34.8. The van der Waals surface area contributed by atoms with Crippen molar-refractivity contribution in [3.8, 4) is 0 Å². The number of carbonyl (C=O) groups excluding carboxylic acids is 2. The van der Waals surface area contributed by atoms with Gasteiger partial charge in [-0.25, -0.2) is 23.3 Å². The van der Waals surface area contributed by atoms with Crippen LogP contribution in [0.3, 0.4) is 0 Å². The van der Waals surface area contributed by atoms with Crippen LogP contribution in [0.4, 0.5) is 18.4 Å². The van der Waals surface area contributed by atoms with Crippen LogP contribution in [0.25, 0.3) is 0 Å². The summed E-state index contributed by atoms with van der Waals surface area (Å²) in [6.45, 7) is 3.42. The maximum absolute atomic E-state index is 15.1. The van der Waals surface area contributed by atoms with Crippen molar-refractivity contribution >= 4 is 12.1 Å². The average molecular weight is 805 g/mol. The minimum absolute atomic E-state index is 0.0282. The lowest BCUT2D eigenvalue weighted by Crippen LogP contribution is -2.51. The number of nitrogens with zero attached hydrogens (tertiary/aromatic N) is 3. The normalized spacial score (nSPS) is 16.9. The Morgan fingerprint density at radius 3 is 1.85 bits per heavy atom. The summed E-state index contributed by atoms with van der Waals surface area (Å²) in [6.07, 6.45) is 2.53. The number of rotatable bonds is 13. The number of ether oxygens (including phenoxy) is 1. The Bertz CT molecular complexity index is 2280. The molecule has 2 fully saturated rings. The summed E-state index contributed by atoms with van der Waals surface area (Å²) in [4.78, 5) is 34.8. The predicted octanol–water partition coefficient (Wildman–Crippen LogP) is 10.1. The highest BCUT2D eigenvalue weighted by molar-refractivity contribution is 5.97. The van der Waals surface area contributed by atoms with E-state index in [1.165, 1.54) is 27.7 Å². The number of urea groups is 2. The smallest absolute Gasteiger partial charge is 0.330 e. The van der Waals surface area contributed by atoms with Gasteiger partial charge in [-0.1, -0.05) is 152 Å². The molecule has 2 aliphatic heterocycles. The van der Waals surface area contributed by atoms with Gasteiger partial charge in [-0.15, -0.1) is 0 Å². The SMILES string of the molecule is COCc1ccccc1C1(c2ccccc2)CCN(CCCNC(=O)N2C(=O)N(C(c3ccccc3)(c3ccccc3)c3ccccc3)C[C@@H]2c2ccc(F)c(F)c2)CC1. The Hall–Kier alpha value is -6.16. The molecule has 4 amide bonds. The van der Waals surface area contributed by atoms with E-state index in [2.05, 4.69) is 64.8 Å². The molecule has 0 aliphatic carbocycles. The first kappa shape index (κ1) is 40.6. The maximum Gasteiger partial charge on any atom is 0.330 e. The first-order valence-electron chi connectivity index (χ1n) is 20.7. The fourth-order valence-electron chi connectivity index (χ4n) is 9.57. The molecule has 306 valence electrons. The van der Waals surface area contributed by atoms with Gasteiger partial charge in [0, 0.05) is 25.6 Å². The highest BCUT2D eigenvalue weighted by Crippen LogP contribution is 2.48.